The van der Waals surface area contributed by atoms with Crippen LogP contribution < -0.4 is 10.3 Å². The van der Waals surface area contributed by atoms with Crippen LogP contribution in [-0.4, -0.2) is 51.9 Å². The second-order valence-electron chi connectivity index (χ2n) is 9.86. The number of ether oxygens (including phenoxy) is 2. The molecule has 0 bridgehead atoms. The predicted octanol–water partition coefficient (Wildman–Crippen LogP) is 5.05. The Morgan fingerprint density at radius 3 is 2.56 bits per heavy atom. The number of piperidine rings is 1. The third-order valence-corrected chi connectivity index (χ3v) is 9.22. The summed E-state index contributed by atoms with van der Waals surface area (Å²) in [6, 6.07) is 7.42. The van der Waals surface area contributed by atoms with Gasteiger partial charge in [0.25, 0.3) is 5.56 Å². The van der Waals surface area contributed by atoms with Gasteiger partial charge < -0.3 is 14.4 Å². The van der Waals surface area contributed by atoms with Crippen molar-refractivity contribution in [2.75, 3.05) is 20.2 Å². The summed E-state index contributed by atoms with van der Waals surface area (Å²) in [5.74, 6) is 1.18. The summed E-state index contributed by atoms with van der Waals surface area (Å²) in [6.45, 7) is 8.32. The number of aromatic nitrogens is 2. The van der Waals surface area contributed by atoms with E-state index in [0.29, 0.717) is 40.9 Å². The molecule has 1 fully saturated rings. The van der Waals surface area contributed by atoms with Crippen LogP contribution in [0.2, 0.25) is 0 Å². The zero-order chi connectivity index (χ0) is 25.4. The highest BCUT2D eigenvalue weighted by molar-refractivity contribution is 8.00. The summed E-state index contributed by atoms with van der Waals surface area (Å²) in [5.41, 5.74) is 1.68. The van der Waals surface area contributed by atoms with Gasteiger partial charge in [-0.1, -0.05) is 25.6 Å². The molecule has 4 heterocycles. The molecule has 3 aromatic rings. The lowest BCUT2D eigenvalue weighted by molar-refractivity contribution is -0.131. The number of amides is 1. The van der Waals surface area contributed by atoms with Gasteiger partial charge in [-0.05, 0) is 61.9 Å². The lowest BCUT2D eigenvalue weighted by Crippen LogP contribution is -2.40. The Morgan fingerprint density at radius 1 is 1.17 bits per heavy atom. The van der Waals surface area contributed by atoms with E-state index in [1.807, 2.05) is 36.1 Å². The van der Waals surface area contributed by atoms with Gasteiger partial charge in [0.15, 0.2) is 5.16 Å². The van der Waals surface area contributed by atoms with Crippen molar-refractivity contribution in [1.29, 1.82) is 0 Å². The minimum Gasteiger partial charge on any atom is -0.497 e. The van der Waals surface area contributed by atoms with Gasteiger partial charge in [-0.15, -0.1) is 11.3 Å². The summed E-state index contributed by atoms with van der Waals surface area (Å²) in [4.78, 5) is 36.0. The van der Waals surface area contributed by atoms with Crippen LogP contribution in [0.5, 0.6) is 5.75 Å². The average Bonchev–Trinajstić information content (AvgIpc) is 3.26. The molecule has 192 valence electrons. The topological polar surface area (TPSA) is 73.7 Å². The van der Waals surface area contributed by atoms with Gasteiger partial charge in [-0.3, -0.25) is 14.2 Å². The Labute approximate surface area is 219 Å². The summed E-state index contributed by atoms with van der Waals surface area (Å²) in [5, 5.41) is 0.870. The predicted molar refractivity (Wildman–Crippen MR) is 145 cm³/mol. The van der Waals surface area contributed by atoms with Crippen molar-refractivity contribution < 1.29 is 14.3 Å². The van der Waals surface area contributed by atoms with Gasteiger partial charge in [0, 0.05) is 24.4 Å². The highest BCUT2D eigenvalue weighted by Gasteiger charge is 2.30. The first-order chi connectivity index (χ1) is 17.4. The Hall–Kier alpha value is -2.36. The largest absolute Gasteiger partial charge is 0.497 e. The molecule has 1 amide bonds. The normalized spacial score (nSPS) is 18.9. The second kappa shape index (κ2) is 10.6. The molecule has 0 radical (unpaired) electrons. The molecule has 5 rings (SSSR count). The molecule has 0 saturated carbocycles. The van der Waals surface area contributed by atoms with Crippen molar-refractivity contribution in [3.63, 3.8) is 0 Å². The Bertz CT molecular complexity index is 1310. The first-order valence-corrected chi connectivity index (χ1v) is 14.4. The second-order valence-corrected chi connectivity index (χ2v) is 12.3. The van der Waals surface area contributed by atoms with Crippen LogP contribution in [0.3, 0.4) is 0 Å². The smallest absolute Gasteiger partial charge is 0.267 e. The monoisotopic (exact) mass is 527 g/mol. The van der Waals surface area contributed by atoms with Gasteiger partial charge in [0.1, 0.15) is 10.6 Å². The molecular weight excluding hydrogens is 494 g/mol. The molecule has 0 aliphatic carbocycles. The zero-order valence-corrected chi connectivity index (χ0v) is 22.9. The lowest BCUT2D eigenvalue weighted by atomic mass is 9.96. The fraction of sp³-hybridized carbons (Fsp3) is 0.519. The molecule has 2 atom stereocenters. The molecule has 2 aliphatic heterocycles. The number of hydrogen-bond donors (Lipinski definition) is 0. The van der Waals surface area contributed by atoms with Crippen molar-refractivity contribution >= 4 is 39.2 Å². The Kier molecular flexibility index (Phi) is 7.42. The van der Waals surface area contributed by atoms with Crippen LogP contribution in [-0.2, 0) is 22.6 Å². The molecule has 7 nitrogen and oxygen atoms in total. The zero-order valence-electron chi connectivity index (χ0n) is 21.3. The van der Waals surface area contributed by atoms with Gasteiger partial charge in [-0.25, -0.2) is 4.98 Å². The van der Waals surface area contributed by atoms with Crippen LogP contribution in [0.15, 0.2) is 34.2 Å². The van der Waals surface area contributed by atoms with Crippen LogP contribution in [0.25, 0.3) is 15.9 Å². The highest BCUT2D eigenvalue weighted by atomic mass is 32.2. The fourth-order valence-electron chi connectivity index (χ4n) is 4.95. The number of carbonyl (C=O) groups is 1. The number of fused-ring (bicyclic) bond motifs is 3. The number of rotatable bonds is 6. The van der Waals surface area contributed by atoms with E-state index in [2.05, 4.69) is 13.8 Å². The van der Waals surface area contributed by atoms with E-state index < -0.39 is 0 Å². The van der Waals surface area contributed by atoms with E-state index in [9.17, 15) is 9.59 Å². The van der Waals surface area contributed by atoms with E-state index in [0.717, 1.165) is 41.2 Å². The van der Waals surface area contributed by atoms with Gasteiger partial charge >= 0.3 is 0 Å². The number of methoxy groups -OCH3 is 1. The maximum atomic E-state index is 14.1. The van der Waals surface area contributed by atoms with Crippen LogP contribution in [0.4, 0.5) is 0 Å². The van der Waals surface area contributed by atoms with E-state index in [4.69, 9.17) is 14.5 Å². The third kappa shape index (κ3) is 4.80. The average molecular weight is 528 g/mol. The number of thioether (sulfide) groups is 1. The Balaban J connectivity index is 1.60. The molecule has 1 aromatic carbocycles. The fourth-order valence-corrected chi connectivity index (χ4v) is 7.13. The first kappa shape index (κ1) is 25.3. The Morgan fingerprint density at radius 2 is 1.89 bits per heavy atom. The van der Waals surface area contributed by atoms with Crippen molar-refractivity contribution in [1.82, 2.24) is 14.5 Å². The van der Waals surface area contributed by atoms with Gasteiger partial charge in [-0.2, -0.15) is 0 Å². The van der Waals surface area contributed by atoms with E-state index >= 15 is 0 Å². The first-order valence-electron chi connectivity index (χ1n) is 12.7. The number of benzene rings is 1. The summed E-state index contributed by atoms with van der Waals surface area (Å²) in [6.07, 6.45) is 4.06. The highest BCUT2D eigenvalue weighted by Crippen LogP contribution is 2.37. The molecule has 36 heavy (non-hydrogen) atoms. The number of carbonyl (C=O) groups excluding carboxylic acids is 1. The SMILES string of the molecule is COc1ccc(-n2c(S[C@H](C)C(=O)N3CCCCC3)nc3sc4c(c3c2=O)C[C@@H](C(C)C)OC4)cc1. The molecule has 2 aliphatic rings. The van der Waals surface area contributed by atoms with Crippen LogP contribution >= 0.6 is 23.1 Å². The van der Waals surface area contributed by atoms with Gasteiger partial charge in [0.05, 0.1) is 36.1 Å². The minimum absolute atomic E-state index is 0.0837. The summed E-state index contributed by atoms with van der Waals surface area (Å²) in [7, 11) is 1.62. The van der Waals surface area contributed by atoms with Crippen molar-refractivity contribution in [3.05, 3.63) is 45.1 Å². The standard InChI is InChI=1S/C27H33N3O4S2/c1-16(2)21-14-20-22(15-34-21)36-24-23(20)26(32)30(18-8-10-19(33-4)11-9-18)27(28-24)35-17(3)25(31)29-12-6-5-7-13-29/h8-11,16-17,21H,5-7,12-15H2,1-4H3/t17-,21+/m1/s1. The summed E-state index contributed by atoms with van der Waals surface area (Å²) < 4.78 is 13.1. The number of thiophene rings is 1. The molecule has 1 saturated heterocycles. The maximum absolute atomic E-state index is 14.1. The van der Waals surface area contributed by atoms with Crippen LogP contribution in [0.1, 0.15) is 50.5 Å². The number of nitrogens with zero attached hydrogens (tertiary/aromatic N) is 3. The van der Waals surface area contributed by atoms with Crippen LogP contribution in [0, 0.1) is 5.92 Å². The lowest BCUT2D eigenvalue weighted by Gasteiger charge is -2.29. The van der Waals surface area contributed by atoms with Crippen molar-refractivity contribution in [2.45, 2.75) is 69.6 Å². The number of likely N-dealkylation sites (tertiary alicyclic amines) is 1. The molecule has 0 unspecified atom stereocenters. The molecule has 0 N–H and O–H groups in total. The molecule has 0 spiro atoms. The van der Waals surface area contributed by atoms with Crippen molar-refractivity contribution in [3.8, 4) is 11.4 Å². The minimum atomic E-state index is -0.347. The summed E-state index contributed by atoms with van der Waals surface area (Å²) >= 11 is 2.90. The van der Waals surface area contributed by atoms with E-state index in [-0.39, 0.29) is 22.8 Å². The molecule has 2 aromatic heterocycles. The number of hydrogen-bond acceptors (Lipinski definition) is 7. The van der Waals surface area contributed by atoms with E-state index in [1.165, 1.54) is 29.5 Å². The van der Waals surface area contributed by atoms with Gasteiger partial charge in [0.2, 0.25) is 5.91 Å². The molecular formula is C27H33N3O4S2. The van der Waals surface area contributed by atoms with E-state index in [1.54, 1.807) is 11.7 Å². The maximum Gasteiger partial charge on any atom is 0.267 e. The van der Waals surface area contributed by atoms with Crippen molar-refractivity contribution in [2.24, 2.45) is 5.92 Å². The molecule has 9 heteroatoms. The quantitative estimate of drug-likeness (QED) is 0.330. The third-order valence-electron chi connectivity index (χ3n) is 7.08.